The van der Waals surface area contributed by atoms with E-state index in [1.165, 1.54) is 4.31 Å². The molecule has 0 radical (unpaired) electrons. The van der Waals surface area contributed by atoms with E-state index in [1.54, 1.807) is 0 Å². The van der Waals surface area contributed by atoms with Crippen LogP contribution in [0, 0.1) is 11.8 Å². The van der Waals surface area contributed by atoms with Crippen LogP contribution >= 0.6 is 0 Å². The second-order valence-electron chi connectivity index (χ2n) is 7.41. The summed E-state index contributed by atoms with van der Waals surface area (Å²) in [7, 11) is -3.52. The van der Waals surface area contributed by atoms with E-state index >= 15 is 0 Å². The fourth-order valence-corrected chi connectivity index (χ4v) is 4.99. The Morgan fingerprint density at radius 1 is 1.13 bits per heavy atom. The summed E-state index contributed by atoms with van der Waals surface area (Å²) in [5.74, 6) is 6.43. The number of hydrogen-bond acceptors (Lipinski definition) is 6. The predicted octanol–water partition coefficient (Wildman–Crippen LogP) is 2.86. The van der Waals surface area contributed by atoms with Crippen molar-refractivity contribution in [1.29, 1.82) is 0 Å². The molecule has 168 valence electrons. The molecule has 1 saturated heterocycles. The third-order valence-corrected chi connectivity index (χ3v) is 6.98. The molecular formula is C22H35N3O4S. The van der Waals surface area contributed by atoms with E-state index in [0.29, 0.717) is 32.7 Å². The molecule has 1 unspecified atom stereocenters. The highest BCUT2D eigenvalue weighted by molar-refractivity contribution is 7.89. The van der Waals surface area contributed by atoms with Crippen molar-refractivity contribution in [3.63, 3.8) is 0 Å². The Balaban J connectivity index is 1.93. The maximum absolute atomic E-state index is 12.9. The molecule has 1 heterocycles. The first-order chi connectivity index (χ1) is 14.5. The quantitative estimate of drug-likeness (QED) is 0.333. The molecule has 30 heavy (non-hydrogen) atoms. The van der Waals surface area contributed by atoms with Gasteiger partial charge in [-0.15, -0.1) is 5.92 Å². The van der Waals surface area contributed by atoms with Crippen LogP contribution in [0.5, 0.6) is 5.75 Å². The van der Waals surface area contributed by atoms with Gasteiger partial charge in [-0.1, -0.05) is 25.7 Å². The second-order valence-corrected chi connectivity index (χ2v) is 9.42. The number of ether oxygens (including phenoxy) is 1. The molecule has 1 aromatic rings. The summed E-state index contributed by atoms with van der Waals surface area (Å²) in [6, 6.07) is 7.12. The van der Waals surface area contributed by atoms with Crippen LogP contribution in [0.4, 0.5) is 5.69 Å². The average Bonchev–Trinajstić information content (AvgIpc) is 3.00. The van der Waals surface area contributed by atoms with Crippen LogP contribution in [0.3, 0.4) is 0 Å². The normalized spacial score (nSPS) is 16.4. The lowest BCUT2D eigenvalue weighted by Gasteiger charge is -2.24. The average molecular weight is 438 g/mol. The van der Waals surface area contributed by atoms with Gasteiger partial charge in [0.25, 0.3) is 0 Å². The molecular weight excluding hydrogens is 402 g/mol. The molecule has 0 spiro atoms. The number of hydroxylamine groups is 1. The minimum atomic E-state index is -3.52. The standard InChI is InChI=1S/C22H35N3O4S/c1-3-5-6-7-8-10-20(23-26)19-30(27,28)25-16-9-15-24(17-18-25)21-11-13-22(14-12-21)29-4-2/h11-14,20,23,26H,3-7,9,15-19H2,1-2H3. The molecule has 1 aromatic carbocycles. The van der Waals surface area contributed by atoms with E-state index < -0.39 is 16.1 Å². The predicted molar refractivity (Wildman–Crippen MR) is 120 cm³/mol. The number of nitrogens with zero attached hydrogens (tertiary/aromatic N) is 2. The van der Waals surface area contributed by atoms with Gasteiger partial charge in [0.15, 0.2) is 0 Å². The summed E-state index contributed by atoms with van der Waals surface area (Å²) >= 11 is 0. The van der Waals surface area contributed by atoms with Crippen molar-refractivity contribution >= 4 is 15.7 Å². The van der Waals surface area contributed by atoms with Gasteiger partial charge in [-0.2, -0.15) is 5.48 Å². The molecule has 0 aliphatic carbocycles. The number of benzene rings is 1. The molecule has 0 aromatic heterocycles. The Kier molecular flexibility index (Phi) is 10.4. The van der Waals surface area contributed by atoms with Crippen LogP contribution in [0.15, 0.2) is 24.3 Å². The van der Waals surface area contributed by atoms with Crippen LogP contribution in [0.2, 0.25) is 0 Å². The number of unbranched alkanes of at least 4 members (excludes halogenated alkanes) is 3. The number of sulfonamides is 1. The topological polar surface area (TPSA) is 82.1 Å². The second kappa shape index (κ2) is 12.8. The van der Waals surface area contributed by atoms with Gasteiger partial charge in [0.2, 0.25) is 10.0 Å². The van der Waals surface area contributed by atoms with Crippen LogP contribution in [0.25, 0.3) is 0 Å². The van der Waals surface area contributed by atoms with Crippen LogP contribution in [-0.2, 0) is 10.0 Å². The van der Waals surface area contributed by atoms with Crippen molar-refractivity contribution < 1.29 is 18.4 Å². The first kappa shape index (κ1) is 24.5. The molecule has 1 aliphatic rings. The van der Waals surface area contributed by atoms with Crippen LogP contribution in [-0.4, -0.2) is 62.5 Å². The lowest BCUT2D eigenvalue weighted by atomic mass is 10.2. The number of nitrogens with one attached hydrogen (secondary N) is 1. The van der Waals surface area contributed by atoms with E-state index in [-0.39, 0.29) is 5.75 Å². The zero-order valence-electron chi connectivity index (χ0n) is 18.1. The zero-order valence-corrected chi connectivity index (χ0v) is 19.0. The van der Waals surface area contributed by atoms with Crippen molar-refractivity contribution in [2.24, 2.45) is 0 Å². The highest BCUT2D eigenvalue weighted by atomic mass is 32.2. The Hall–Kier alpha value is -1.79. The van der Waals surface area contributed by atoms with Gasteiger partial charge in [-0.3, -0.25) is 0 Å². The van der Waals surface area contributed by atoms with Crippen molar-refractivity contribution in [3.05, 3.63) is 24.3 Å². The molecule has 0 amide bonds. The highest BCUT2D eigenvalue weighted by Crippen LogP contribution is 2.21. The maximum Gasteiger partial charge on any atom is 0.216 e. The smallest absolute Gasteiger partial charge is 0.216 e. The molecule has 0 saturated carbocycles. The maximum atomic E-state index is 12.9. The molecule has 2 rings (SSSR count). The first-order valence-corrected chi connectivity index (χ1v) is 12.4. The summed E-state index contributed by atoms with van der Waals surface area (Å²) in [6.45, 7) is 6.99. The number of rotatable bonds is 10. The van der Waals surface area contributed by atoms with E-state index in [1.807, 2.05) is 31.2 Å². The third-order valence-electron chi connectivity index (χ3n) is 5.08. The molecule has 2 N–H and O–H groups in total. The Morgan fingerprint density at radius 2 is 1.90 bits per heavy atom. The summed E-state index contributed by atoms with van der Waals surface area (Å²) in [5, 5.41) is 9.34. The summed E-state index contributed by atoms with van der Waals surface area (Å²) in [6.07, 6.45) is 4.66. The molecule has 0 bridgehead atoms. The number of anilines is 1. The zero-order chi connectivity index (χ0) is 21.8. The van der Waals surface area contributed by atoms with Crippen molar-refractivity contribution in [2.45, 2.75) is 52.0 Å². The van der Waals surface area contributed by atoms with E-state index in [2.05, 4.69) is 29.1 Å². The summed E-state index contributed by atoms with van der Waals surface area (Å²) in [4.78, 5) is 2.19. The minimum absolute atomic E-state index is 0.229. The van der Waals surface area contributed by atoms with Gasteiger partial charge in [0, 0.05) is 38.3 Å². The fraction of sp³-hybridized carbons (Fsp3) is 0.636. The van der Waals surface area contributed by atoms with Crippen molar-refractivity contribution in [3.8, 4) is 17.6 Å². The molecule has 1 fully saturated rings. The van der Waals surface area contributed by atoms with Crippen LogP contribution in [0.1, 0.15) is 46.0 Å². The molecule has 8 heteroatoms. The van der Waals surface area contributed by atoms with Gasteiger partial charge in [-0.05, 0) is 44.0 Å². The van der Waals surface area contributed by atoms with Crippen molar-refractivity contribution in [2.75, 3.05) is 43.4 Å². The van der Waals surface area contributed by atoms with Gasteiger partial charge in [0.1, 0.15) is 11.8 Å². The van der Waals surface area contributed by atoms with E-state index in [9.17, 15) is 13.6 Å². The fourth-order valence-electron chi connectivity index (χ4n) is 3.44. The van der Waals surface area contributed by atoms with E-state index in [0.717, 1.165) is 43.7 Å². The lowest BCUT2D eigenvalue weighted by Crippen LogP contribution is -2.42. The van der Waals surface area contributed by atoms with E-state index in [4.69, 9.17) is 4.74 Å². The van der Waals surface area contributed by atoms with Gasteiger partial charge < -0.3 is 14.8 Å². The molecule has 7 nitrogen and oxygen atoms in total. The van der Waals surface area contributed by atoms with Gasteiger partial charge >= 0.3 is 0 Å². The Morgan fingerprint density at radius 3 is 2.57 bits per heavy atom. The molecule has 1 aliphatic heterocycles. The third kappa shape index (κ3) is 7.80. The largest absolute Gasteiger partial charge is 0.494 e. The highest BCUT2D eigenvalue weighted by Gasteiger charge is 2.27. The Bertz CT molecular complexity index is 787. The number of hydrogen-bond donors (Lipinski definition) is 2. The summed E-state index contributed by atoms with van der Waals surface area (Å²) in [5.41, 5.74) is 3.11. The van der Waals surface area contributed by atoms with Crippen molar-refractivity contribution in [1.82, 2.24) is 9.79 Å². The lowest BCUT2D eigenvalue weighted by molar-refractivity contribution is 0.153. The summed E-state index contributed by atoms with van der Waals surface area (Å²) < 4.78 is 32.8. The van der Waals surface area contributed by atoms with Gasteiger partial charge in [0.05, 0.1) is 12.4 Å². The monoisotopic (exact) mass is 437 g/mol. The Labute approximate surface area is 181 Å². The molecule has 1 atom stereocenters. The van der Waals surface area contributed by atoms with Crippen LogP contribution < -0.4 is 15.1 Å². The van der Waals surface area contributed by atoms with Gasteiger partial charge in [-0.25, -0.2) is 12.7 Å². The SMILES string of the molecule is CCCCCC#CC(CS(=O)(=O)N1CCCN(c2ccc(OCC)cc2)CC1)NO. The minimum Gasteiger partial charge on any atom is -0.494 e. The first-order valence-electron chi connectivity index (χ1n) is 10.8.